The molecule has 1 aromatic carbocycles. The molecule has 1 unspecified atom stereocenters. The molecular weight excluding hydrogens is 409 g/mol. The number of rotatable bonds is 6. The Balaban J connectivity index is 1.37. The Bertz CT molecular complexity index is 1040. The standard InChI is InChI=1S/C22H21F3N4O2/c23-22(24,25)17-7-3-5-15(11-17)12-19-27-20(31-28-19)14-29-10-4-6-16(13-29)21(30)18-8-1-2-9-26-18/h1-3,5,7-9,11,16H,4,6,10,12-14H2. The molecule has 1 aliphatic rings. The van der Waals surface area contributed by atoms with Crippen molar-refractivity contribution >= 4 is 5.78 Å². The Morgan fingerprint density at radius 1 is 1.19 bits per heavy atom. The number of benzene rings is 1. The summed E-state index contributed by atoms with van der Waals surface area (Å²) in [6.07, 6.45) is -0.965. The third kappa shape index (κ3) is 5.35. The molecule has 1 aliphatic heterocycles. The van der Waals surface area contributed by atoms with E-state index in [0.717, 1.165) is 31.5 Å². The lowest BCUT2D eigenvalue weighted by molar-refractivity contribution is -0.137. The number of carbonyl (C=O) groups excluding carboxylic acids is 1. The second kappa shape index (κ2) is 8.97. The van der Waals surface area contributed by atoms with Gasteiger partial charge in [0.1, 0.15) is 5.69 Å². The van der Waals surface area contributed by atoms with Crippen molar-refractivity contribution in [3.8, 4) is 0 Å². The number of hydrogen-bond donors (Lipinski definition) is 0. The molecular formula is C22H21F3N4O2. The molecule has 0 aliphatic carbocycles. The molecule has 3 heterocycles. The lowest BCUT2D eigenvalue weighted by Gasteiger charge is -2.30. The average Bonchev–Trinajstić information content (AvgIpc) is 3.20. The van der Waals surface area contributed by atoms with Gasteiger partial charge in [-0.25, -0.2) is 0 Å². The van der Waals surface area contributed by atoms with E-state index < -0.39 is 11.7 Å². The summed E-state index contributed by atoms with van der Waals surface area (Å²) in [4.78, 5) is 23.2. The van der Waals surface area contributed by atoms with Gasteiger partial charge in [0.05, 0.1) is 12.1 Å². The van der Waals surface area contributed by atoms with Gasteiger partial charge in [-0.1, -0.05) is 29.4 Å². The van der Waals surface area contributed by atoms with Crippen LogP contribution in [0, 0.1) is 5.92 Å². The predicted octanol–water partition coefficient (Wildman–Crippen LogP) is 4.17. The lowest BCUT2D eigenvalue weighted by Crippen LogP contribution is -2.38. The van der Waals surface area contributed by atoms with Gasteiger partial charge in [-0.3, -0.25) is 14.7 Å². The Kier molecular flexibility index (Phi) is 6.13. The Morgan fingerprint density at radius 3 is 2.84 bits per heavy atom. The van der Waals surface area contributed by atoms with Crippen molar-refractivity contribution in [2.75, 3.05) is 13.1 Å². The third-order valence-electron chi connectivity index (χ3n) is 5.28. The van der Waals surface area contributed by atoms with Crippen LogP contribution in [0.15, 0.2) is 53.2 Å². The van der Waals surface area contributed by atoms with E-state index in [2.05, 4.69) is 20.0 Å². The van der Waals surface area contributed by atoms with Crippen molar-refractivity contribution in [1.29, 1.82) is 0 Å². The first-order chi connectivity index (χ1) is 14.9. The van der Waals surface area contributed by atoms with E-state index in [1.807, 2.05) is 0 Å². The second-order valence-electron chi connectivity index (χ2n) is 7.63. The summed E-state index contributed by atoms with van der Waals surface area (Å²) in [6.45, 7) is 1.76. The quantitative estimate of drug-likeness (QED) is 0.547. The van der Waals surface area contributed by atoms with Gasteiger partial charge in [0.25, 0.3) is 0 Å². The smallest absolute Gasteiger partial charge is 0.338 e. The highest BCUT2D eigenvalue weighted by Crippen LogP contribution is 2.30. The summed E-state index contributed by atoms with van der Waals surface area (Å²) in [5.41, 5.74) is 0.224. The fourth-order valence-corrected chi connectivity index (χ4v) is 3.79. The minimum atomic E-state index is -4.39. The van der Waals surface area contributed by atoms with Gasteiger partial charge in [-0.15, -0.1) is 0 Å². The molecule has 2 aromatic heterocycles. The molecule has 0 bridgehead atoms. The number of piperidine rings is 1. The molecule has 9 heteroatoms. The summed E-state index contributed by atoms with van der Waals surface area (Å²) in [7, 11) is 0. The van der Waals surface area contributed by atoms with E-state index in [9.17, 15) is 18.0 Å². The van der Waals surface area contributed by atoms with Crippen molar-refractivity contribution < 1.29 is 22.5 Å². The van der Waals surface area contributed by atoms with Crippen LogP contribution in [0.2, 0.25) is 0 Å². The van der Waals surface area contributed by atoms with Crippen LogP contribution >= 0.6 is 0 Å². The van der Waals surface area contributed by atoms with Crippen molar-refractivity contribution in [2.24, 2.45) is 5.92 Å². The molecule has 0 saturated carbocycles. The zero-order valence-electron chi connectivity index (χ0n) is 16.7. The van der Waals surface area contributed by atoms with Crippen molar-refractivity contribution in [3.63, 3.8) is 0 Å². The summed E-state index contributed by atoms with van der Waals surface area (Å²) in [6, 6.07) is 10.4. The van der Waals surface area contributed by atoms with E-state index in [4.69, 9.17) is 4.52 Å². The summed E-state index contributed by atoms with van der Waals surface area (Å²) >= 11 is 0. The molecule has 6 nitrogen and oxygen atoms in total. The zero-order chi connectivity index (χ0) is 21.8. The van der Waals surface area contributed by atoms with Crippen molar-refractivity contribution in [1.82, 2.24) is 20.0 Å². The number of aromatic nitrogens is 3. The molecule has 0 spiro atoms. The number of alkyl halides is 3. The lowest BCUT2D eigenvalue weighted by atomic mass is 9.92. The maximum atomic E-state index is 12.9. The number of nitrogens with zero attached hydrogens (tertiary/aromatic N) is 4. The number of Topliss-reactive ketones (excluding diaryl/α,β-unsaturated/α-hetero) is 1. The second-order valence-corrected chi connectivity index (χ2v) is 7.63. The summed E-state index contributed by atoms with van der Waals surface area (Å²) in [5, 5.41) is 3.90. The molecule has 31 heavy (non-hydrogen) atoms. The summed E-state index contributed by atoms with van der Waals surface area (Å²) in [5.74, 6) is 0.595. The normalized spacial score (nSPS) is 17.6. The van der Waals surface area contributed by atoms with Crippen LogP contribution in [-0.4, -0.2) is 38.9 Å². The Labute approximate surface area is 177 Å². The monoisotopic (exact) mass is 430 g/mol. The molecule has 1 atom stereocenters. The Hall–Kier alpha value is -3.07. The third-order valence-corrected chi connectivity index (χ3v) is 5.28. The predicted molar refractivity (Wildman–Crippen MR) is 105 cm³/mol. The highest BCUT2D eigenvalue weighted by molar-refractivity contribution is 5.96. The van der Waals surface area contributed by atoms with Gasteiger partial charge in [0.15, 0.2) is 11.6 Å². The molecule has 162 valence electrons. The van der Waals surface area contributed by atoms with E-state index in [1.54, 1.807) is 30.5 Å². The number of hydrogen-bond acceptors (Lipinski definition) is 6. The number of carbonyl (C=O) groups is 1. The number of ketones is 1. The average molecular weight is 430 g/mol. The van der Waals surface area contributed by atoms with E-state index in [1.165, 1.54) is 6.07 Å². The SMILES string of the molecule is O=C(c1ccccn1)C1CCCN(Cc2nc(Cc3cccc(C(F)(F)F)c3)no2)C1. The minimum absolute atomic E-state index is 0.0288. The van der Waals surface area contributed by atoms with Crippen LogP contribution in [0.25, 0.3) is 0 Å². The van der Waals surface area contributed by atoms with Crippen LogP contribution in [-0.2, 0) is 19.1 Å². The number of pyridine rings is 1. The molecule has 0 N–H and O–H groups in total. The number of halogens is 3. The highest BCUT2D eigenvalue weighted by atomic mass is 19.4. The van der Waals surface area contributed by atoms with Gasteiger partial charge < -0.3 is 4.52 Å². The van der Waals surface area contributed by atoms with Crippen LogP contribution in [0.1, 0.15) is 46.2 Å². The first-order valence-electron chi connectivity index (χ1n) is 10.0. The first kappa shape index (κ1) is 21.2. The van der Waals surface area contributed by atoms with Crippen LogP contribution in [0.4, 0.5) is 13.2 Å². The first-order valence-corrected chi connectivity index (χ1v) is 10.0. The zero-order valence-corrected chi connectivity index (χ0v) is 16.7. The Morgan fingerprint density at radius 2 is 2.06 bits per heavy atom. The van der Waals surface area contributed by atoms with Gasteiger partial charge >= 0.3 is 6.18 Å². The van der Waals surface area contributed by atoms with Gasteiger partial charge in [0.2, 0.25) is 5.89 Å². The maximum absolute atomic E-state index is 12.9. The largest absolute Gasteiger partial charge is 0.416 e. The van der Waals surface area contributed by atoms with Crippen LogP contribution in [0.3, 0.4) is 0 Å². The van der Waals surface area contributed by atoms with E-state index >= 15 is 0 Å². The fraction of sp³-hybridized carbons (Fsp3) is 0.364. The van der Waals surface area contributed by atoms with Crippen LogP contribution in [0.5, 0.6) is 0 Å². The fourth-order valence-electron chi connectivity index (χ4n) is 3.79. The highest BCUT2D eigenvalue weighted by Gasteiger charge is 2.31. The van der Waals surface area contributed by atoms with Gasteiger partial charge in [0, 0.05) is 25.1 Å². The minimum Gasteiger partial charge on any atom is -0.338 e. The van der Waals surface area contributed by atoms with Gasteiger partial charge in [-0.05, 0) is 43.1 Å². The van der Waals surface area contributed by atoms with E-state index in [0.29, 0.717) is 36.1 Å². The van der Waals surface area contributed by atoms with Crippen LogP contribution < -0.4 is 0 Å². The topological polar surface area (TPSA) is 72.1 Å². The summed E-state index contributed by atoms with van der Waals surface area (Å²) < 4.78 is 43.9. The molecule has 0 radical (unpaired) electrons. The molecule has 0 amide bonds. The van der Waals surface area contributed by atoms with Crippen molar-refractivity contribution in [3.05, 3.63) is 77.2 Å². The van der Waals surface area contributed by atoms with E-state index in [-0.39, 0.29) is 18.1 Å². The molecule has 1 fully saturated rings. The maximum Gasteiger partial charge on any atom is 0.416 e. The van der Waals surface area contributed by atoms with Gasteiger partial charge in [-0.2, -0.15) is 18.2 Å². The molecule has 4 rings (SSSR count). The number of likely N-dealkylation sites (tertiary alicyclic amines) is 1. The van der Waals surface area contributed by atoms with Crippen molar-refractivity contribution in [2.45, 2.75) is 32.0 Å². The molecule has 3 aromatic rings. The molecule has 1 saturated heterocycles.